The number of allylic oxidation sites excluding steroid dienone is 1. The summed E-state index contributed by atoms with van der Waals surface area (Å²) in [5.74, 6) is 0. The first-order valence-corrected chi connectivity index (χ1v) is 5.68. The van der Waals surface area contributed by atoms with Crippen LogP contribution in [-0.2, 0) is 9.73 Å². The Morgan fingerprint density at radius 1 is 1.67 bits per heavy atom. The van der Waals surface area contributed by atoms with Crippen LogP contribution in [0, 0.1) is 11.3 Å². The standard InChI is InChI=1S/C8H12N2OS/c1-8(7-9)5-3-4-6-10-12(8,2)11/h3-4H,5-6H2,1-2H3/t8?,12-/m1/s1. The fourth-order valence-electron chi connectivity index (χ4n) is 0.995. The molecule has 0 aromatic rings. The highest BCUT2D eigenvalue weighted by atomic mass is 32.2. The minimum absolute atomic E-state index is 0.465. The van der Waals surface area contributed by atoms with E-state index in [1.54, 1.807) is 13.2 Å². The smallest absolute Gasteiger partial charge is 0.140 e. The molecular formula is C8H12N2OS. The molecule has 1 unspecified atom stereocenters. The lowest BCUT2D eigenvalue weighted by molar-refractivity contribution is 0.652. The Labute approximate surface area is 73.3 Å². The Bertz CT molecular complexity index is 358. The maximum Gasteiger partial charge on any atom is 0.140 e. The van der Waals surface area contributed by atoms with E-state index < -0.39 is 14.5 Å². The lowest BCUT2D eigenvalue weighted by atomic mass is 10.1. The molecule has 0 spiro atoms. The second-order valence-electron chi connectivity index (χ2n) is 3.13. The minimum atomic E-state index is -2.36. The van der Waals surface area contributed by atoms with Gasteiger partial charge in [-0.2, -0.15) is 5.26 Å². The molecule has 66 valence electrons. The first-order chi connectivity index (χ1) is 5.52. The molecule has 1 aliphatic rings. The number of hydrogen-bond acceptors (Lipinski definition) is 3. The van der Waals surface area contributed by atoms with E-state index in [-0.39, 0.29) is 0 Å². The number of hydrogen-bond donors (Lipinski definition) is 0. The third-order valence-electron chi connectivity index (χ3n) is 2.17. The Hall–Kier alpha value is -0.820. The Morgan fingerprint density at radius 3 is 2.92 bits per heavy atom. The molecule has 0 radical (unpaired) electrons. The second kappa shape index (κ2) is 2.91. The van der Waals surface area contributed by atoms with E-state index in [9.17, 15) is 4.21 Å². The van der Waals surface area contributed by atoms with Crippen LogP contribution in [0.4, 0.5) is 0 Å². The van der Waals surface area contributed by atoms with Gasteiger partial charge in [-0.25, -0.2) is 8.57 Å². The lowest BCUT2D eigenvalue weighted by Gasteiger charge is -2.19. The molecule has 0 saturated carbocycles. The lowest BCUT2D eigenvalue weighted by Crippen LogP contribution is -2.31. The van der Waals surface area contributed by atoms with Gasteiger partial charge in [0.25, 0.3) is 0 Å². The maximum absolute atomic E-state index is 11.9. The van der Waals surface area contributed by atoms with Crippen LogP contribution in [0.5, 0.6) is 0 Å². The quantitative estimate of drug-likeness (QED) is 0.533. The van der Waals surface area contributed by atoms with Gasteiger partial charge in [0.15, 0.2) is 0 Å². The Kier molecular flexibility index (Phi) is 2.25. The molecule has 0 aliphatic carbocycles. The summed E-state index contributed by atoms with van der Waals surface area (Å²) in [6.07, 6.45) is 5.82. The van der Waals surface area contributed by atoms with E-state index in [1.807, 2.05) is 12.2 Å². The highest BCUT2D eigenvalue weighted by Crippen LogP contribution is 2.24. The Morgan fingerprint density at radius 2 is 2.33 bits per heavy atom. The first-order valence-electron chi connectivity index (χ1n) is 3.75. The van der Waals surface area contributed by atoms with Crippen molar-refractivity contribution >= 4 is 9.73 Å². The van der Waals surface area contributed by atoms with Crippen molar-refractivity contribution in [2.75, 3.05) is 12.8 Å². The molecule has 0 bridgehead atoms. The van der Waals surface area contributed by atoms with Crippen molar-refractivity contribution in [3.05, 3.63) is 12.2 Å². The maximum atomic E-state index is 11.9. The van der Waals surface area contributed by atoms with Crippen molar-refractivity contribution < 1.29 is 4.21 Å². The van der Waals surface area contributed by atoms with Crippen LogP contribution in [0.2, 0.25) is 0 Å². The van der Waals surface area contributed by atoms with Crippen molar-refractivity contribution in [2.45, 2.75) is 18.1 Å². The zero-order valence-corrected chi connectivity index (χ0v) is 8.10. The van der Waals surface area contributed by atoms with E-state index >= 15 is 0 Å². The molecule has 0 saturated heterocycles. The third-order valence-corrected chi connectivity index (χ3v) is 4.74. The highest BCUT2D eigenvalue weighted by molar-refractivity contribution is 7.94. The van der Waals surface area contributed by atoms with Crippen LogP contribution < -0.4 is 0 Å². The topological polar surface area (TPSA) is 53.2 Å². The van der Waals surface area contributed by atoms with Crippen LogP contribution >= 0.6 is 0 Å². The number of rotatable bonds is 0. The molecule has 0 aromatic heterocycles. The largest absolute Gasteiger partial charge is 0.248 e. The average Bonchev–Trinajstić information content (AvgIpc) is 2.13. The third kappa shape index (κ3) is 1.37. The molecule has 3 nitrogen and oxygen atoms in total. The first kappa shape index (κ1) is 9.27. The molecule has 0 aromatic carbocycles. The number of nitrogens with zero attached hydrogens (tertiary/aromatic N) is 2. The summed E-state index contributed by atoms with van der Waals surface area (Å²) in [4.78, 5) is 0. The monoisotopic (exact) mass is 184 g/mol. The molecule has 2 atom stereocenters. The van der Waals surface area contributed by atoms with E-state index in [0.29, 0.717) is 13.0 Å². The van der Waals surface area contributed by atoms with E-state index in [2.05, 4.69) is 10.4 Å². The molecule has 4 heteroatoms. The van der Waals surface area contributed by atoms with Gasteiger partial charge in [-0.15, -0.1) is 0 Å². The molecule has 1 rings (SSSR count). The van der Waals surface area contributed by atoms with Crippen LogP contribution in [0.3, 0.4) is 0 Å². The molecular weight excluding hydrogens is 172 g/mol. The molecule has 0 N–H and O–H groups in total. The molecule has 0 amide bonds. The van der Waals surface area contributed by atoms with Gasteiger partial charge in [0.05, 0.1) is 22.3 Å². The van der Waals surface area contributed by atoms with E-state index in [1.165, 1.54) is 0 Å². The second-order valence-corrected chi connectivity index (χ2v) is 5.90. The molecule has 0 fully saturated rings. The van der Waals surface area contributed by atoms with Gasteiger partial charge in [0.1, 0.15) is 4.75 Å². The van der Waals surface area contributed by atoms with Crippen LogP contribution in [0.15, 0.2) is 16.5 Å². The molecule has 12 heavy (non-hydrogen) atoms. The van der Waals surface area contributed by atoms with Crippen molar-refractivity contribution in [3.63, 3.8) is 0 Å². The fraction of sp³-hybridized carbons (Fsp3) is 0.625. The van der Waals surface area contributed by atoms with Crippen molar-refractivity contribution in [2.24, 2.45) is 4.36 Å². The summed E-state index contributed by atoms with van der Waals surface area (Å²) in [7, 11) is -2.36. The fourth-order valence-corrected chi connectivity index (χ4v) is 2.23. The SMILES string of the molecule is CC1(C#N)CC=CCN=[S@]1(C)=O. The van der Waals surface area contributed by atoms with Crippen molar-refractivity contribution in [1.29, 1.82) is 5.26 Å². The van der Waals surface area contributed by atoms with Crippen LogP contribution in [0.1, 0.15) is 13.3 Å². The van der Waals surface area contributed by atoms with Gasteiger partial charge >= 0.3 is 0 Å². The van der Waals surface area contributed by atoms with Gasteiger partial charge in [-0.05, 0) is 13.3 Å². The van der Waals surface area contributed by atoms with E-state index in [4.69, 9.17) is 5.26 Å². The zero-order chi connectivity index (χ0) is 9.24. The molecule has 1 aliphatic heterocycles. The summed E-state index contributed by atoms with van der Waals surface area (Å²) < 4.78 is 15.1. The predicted molar refractivity (Wildman–Crippen MR) is 49.1 cm³/mol. The summed E-state index contributed by atoms with van der Waals surface area (Å²) >= 11 is 0. The number of nitriles is 1. The van der Waals surface area contributed by atoms with Gasteiger partial charge in [-0.3, -0.25) is 0 Å². The van der Waals surface area contributed by atoms with Crippen LogP contribution in [0.25, 0.3) is 0 Å². The van der Waals surface area contributed by atoms with Gasteiger partial charge in [-0.1, -0.05) is 12.2 Å². The Balaban J connectivity index is 3.25. The summed E-state index contributed by atoms with van der Waals surface area (Å²) in [5, 5.41) is 8.89. The zero-order valence-electron chi connectivity index (χ0n) is 7.28. The summed E-state index contributed by atoms with van der Waals surface area (Å²) in [6.45, 7) is 2.17. The van der Waals surface area contributed by atoms with Crippen molar-refractivity contribution in [3.8, 4) is 6.07 Å². The van der Waals surface area contributed by atoms with Crippen molar-refractivity contribution in [1.82, 2.24) is 0 Å². The van der Waals surface area contributed by atoms with Gasteiger partial charge < -0.3 is 0 Å². The van der Waals surface area contributed by atoms with E-state index in [0.717, 1.165) is 0 Å². The summed E-state index contributed by atoms with van der Waals surface area (Å²) in [5.41, 5.74) is 0. The normalized spacial score (nSPS) is 41.1. The molecule has 1 heterocycles. The minimum Gasteiger partial charge on any atom is -0.248 e. The van der Waals surface area contributed by atoms with Crippen LogP contribution in [-0.4, -0.2) is 21.8 Å². The van der Waals surface area contributed by atoms with Gasteiger partial charge in [0.2, 0.25) is 0 Å². The predicted octanol–water partition coefficient (Wildman–Crippen LogP) is 1.33. The highest BCUT2D eigenvalue weighted by Gasteiger charge is 2.33. The van der Waals surface area contributed by atoms with Gasteiger partial charge in [0, 0.05) is 6.26 Å². The summed E-state index contributed by atoms with van der Waals surface area (Å²) in [6, 6.07) is 2.09. The average molecular weight is 184 g/mol.